The Morgan fingerprint density at radius 3 is 2.65 bits per heavy atom. The van der Waals surface area contributed by atoms with E-state index in [1.165, 1.54) is 10.9 Å². The molecule has 3 aromatic rings. The van der Waals surface area contributed by atoms with E-state index in [1.807, 2.05) is 25.1 Å². The normalized spacial score (nSPS) is 18.2. The lowest BCUT2D eigenvalue weighted by atomic mass is 10.1. The van der Waals surface area contributed by atoms with Gasteiger partial charge in [0.05, 0.1) is 16.6 Å². The van der Waals surface area contributed by atoms with Crippen LogP contribution in [-0.2, 0) is 0 Å². The number of hydrogen-bond acceptors (Lipinski definition) is 5. The molecule has 2 heterocycles. The third-order valence-electron chi connectivity index (χ3n) is 6.58. The van der Waals surface area contributed by atoms with Crippen molar-refractivity contribution < 1.29 is 9.53 Å². The molecule has 2 aromatic carbocycles. The van der Waals surface area contributed by atoms with Crippen LogP contribution in [0.1, 0.15) is 49.0 Å². The van der Waals surface area contributed by atoms with Gasteiger partial charge in [-0.3, -0.25) is 19.1 Å². The molecule has 0 spiro atoms. The van der Waals surface area contributed by atoms with Crippen LogP contribution >= 0.6 is 12.4 Å². The van der Waals surface area contributed by atoms with Gasteiger partial charge in [-0.15, -0.1) is 12.4 Å². The molecule has 1 aliphatic heterocycles. The first-order valence-electron chi connectivity index (χ1n) is 11.7. The van der Waals surface area contributed by atoms with E-state index in [-0.39, 0.29) is 36.0 Å². The molecule has 1 saturated carbocycles. The van der Waals surface area contributed by atoms with Gasteiger partial charge in [0.2, 0.25) is 0 Å². The fourth-order valence-corrected chi connectivity index (χ4v) is 4.36. The van der Waals surface area contributed by atoms with Crippen LogP contribution in [0.25, 0.3) is 16.6 Å². The van der Waals surface area contributed by atoms with Crippen LogP contribution in [0.2, 0.25) is 0 Å². The molecule has 1 saturated heterocycles. The first-order valence-corrected chi connectivity index (χ1v) is 11.7. The second-order valence-corrected chi connectivity index (χ2v) is 9.46. The Balaban J connectivity index is 0.00000274. The largest absolute Gasteiger partial charge is 0.489 e. The minimum Gasteiger partial charge on any atom is -0.489 e. The van der Waals surface area contributed by atoms with Gasteiger partial charge in [-0.25, -0.2) is 4.98 Å². The van der Waals surface area contributed by atoms with Gasteiger partial charge in [0.15, 0.2) is 0 Å². The molecule has 0 bridgehead atoms. The van der Waals surface area contributed by atoms with E-state index >= 15 is 0 Å². The van der Waals surface area contributed by atoms with E-state index in [9.17, 15) is 9.59 Å². The molecule has 5 rings (SSSR count). The van der Waals surface area contributed by atoms with Gasteiger partial charge >= 0.3 is 0 Å². The van der Waals surface area contributed by atoms with Crippen LogP contribution in [0.3, 0.4) is 0 Å². The van der Waals surface area contributed by atoms with Gasteiger partial charge in [0.25, 0.3) is 11.5 Å². The van der Waals surface area contributed by atoms with Crippen molar-refractivity contribution in [2.24, 2.45) is 0 Å². The second-order valence-electron chi connectivity index (χ2n) is 9.46. The average Bonchev–Trinajstić information content (AvgIpc) is 3.48. The number of aromatic nitrogens is 2. The van der Waals surface area contributed by atoms with Gasteiger partial charge in [0.1, 0.15) is 18.2 Å². The predicted octanol–water partition coefficient (Wildman–Crippen LogP) is 3.87. The maximum absolute atomic E-state index is 13.4. The van der Waals surface area contributed by atoms with E-state index in [0.29, 0.717) is 33.9 Å². The number of fused-ring (bicyclic) bond motifs is 1. The Morgan fingerprint density at radius 1 is 1.15 bits per heavy atom. The lowest BCUT2D eigenvalue weighted by Gasteiger charge is -2.20. The van der Waals surface area contributed by atoms with Gasteiger partial charge in [0, 0.05) is 30.7 Å². The lowest BCUT2D eigenvalue weighted by molar-refractivity contribution is 0.0951. The van der Waals surface area contributed by atoms with E-state index in [0.717, 1.165) is 37.9 Å². The van der Waals surface area contributed by atoms with E-state index in [2.05, 4.69) is 29.0 Å². The molecule has 1 aromatic heterocycles. The third kappa shape index (κ3) is 4.95. The molecule has 34 heavy (non-hydrogen) atoms. The predicted molar refractivity (Wildman–Crippen MR) is 136 cm³/mol. The number of likely N-dealkylation sites (tertiary alicyclic amines) is 1. The number of carbonyl (C=O) groups is 1. The number of hydrogen-bond donors (Lipinski definition) is 1. The molecule has 180 valence electrons. The second kappa shape index (κ2) is 9.76. The fourth-order valence-electron chi connectivity index (χ4n) is 4.36. The Labute approximate surface area is 205 Å². The van der Waals surface area contributed by atoms with Crippen LogP contribution in [0.5, 0.6) is 5.75 Å². The van der Waals surface area contributed by atoms with Gasteiger partial charge in [-0.1, -0.05) is 6.07 Å². The Hall–Kier alpha value is -2.90. The number of nitrogens with one attached hydrogen (secondary N) is 1. The van der Waals surface area contributed by atoms with Crippen LogP contribution in [0, 0.1) is 6.92 Å². The summed E-state index contributed by atoms with van der Waals surface area (Å²) >= 11 is 0. The number of rotatable bonds is 6. The van der Waals surface area contributed by atoms with Crippen LogP contribution in [0.4, 0.5) is 0 Å². The first kappa shape index (κ1) is 24.2. The first-order chi connectivity index (χ1) is 15.9. The van der Waals surface area contributed by atoms with Crippen molar-refractivity contribution in [3.05, 3.63) is 64.2 Å². The highest BCUT2D eigenvalue weighted by Gasteiger charge is 2.26. The maximum Gasteiger partial charge on any atom is 0.265 e. The lowest BCUT2D eigenvalue weighted by Crippen LogP contribution is -2.30. The molecule has 1 amide bonds. The molecule has 1 N–H and O–H groups in total. The SMILES string of the molecule is Cc1ccc(C(=O)NC2CC2)cc1-n1cnc2ccc(OC3CCN(C(C)C)C3)cc2c1=O.Cl. The summed E-state index contributed by atoms with van der Waals surface area (Å²) in [4.78, 5) is 32.9. The minimum atomic E-state index is -0.177. The monoisotopic (exact) mass is 482 g/mol. The molecular weight excluding hydrogens is 452 g/mol. The highest BCUT2D eigenvalue weighted by Crippen LogP contribution is 2.24. The summed E-state index contributed by atoms with van der Waals surface area (Å²) < 4.78 is 7.73. The van der Waals surface area contributed by atoms with Gasteiger partial charge < -0.3 is 10.1 Å². The van der Waals surface area contributed by atoms with Crippen molar-refractivity contribution in [1.29, 1.82) is 0 Å². The average molecular weight is 483 g/mol. The van der Waals surface area contributed by atoms with E-state index < -0.39 is 0 Å². The van der Waals surface area contributed by atoms with Crippen LogP contribution in [-0.4, -0.2) is 51.6 Å². The summed E-state index contributed by atoms with van der Waals surface area (Å²) in [6.45, 7) is 8.23. The molecule has 1 unspecified atom stereocenters. The molecule has 1 atom stereocenters. The zero-order chi connectivity index (χ0) is 23.1. The quantitative estimate of drug-likeness (QED) is 0.577. The molecule has 0 radical (unpaired) electrons. The summed E-state index contributed by atoms with van der Waals surface area (Å²) in [7, 11) is 0. The number of halogens is 1. The van der Waals surface area contributed by atoms with Crippen LogP contribution in [0.15, 0.2) is 47.5 Å². The van der Waals surface area contributed by atoms with E-state index in [1.54, 1.807) is 18.2 Å². The summed E-state index contributed by atoms with van der Waals surface area (Å²) in [5.74, 6) is 0.576. The third-order valence-corrected chi connectivity index (χ3v) is 6.58. The van der Waals surface area contributed by atoms with Crippen molar-refractivity contribution in [2.45, 2.75) is 58.2 Å². The highest BCUT2D eigenvalue weighted by atomic mass is 35.5. The molecular formula is C26H31ClN4O3. The number of aryl methyl sites for hydroxylation is 1. The van der Waals surface area contributed by atoms with Crippen LogP contribution < -0.4 is 15.6 Å². The molecule has 2 fully saturated rings. The van der Waals surface area contributed by atoms with Crippen molar-refractivity contribution >= 4 is 29.2 Å². The molecule has 7 nitrogen and oxygen atoms in total. The van der Waals surface area contributed by atoms with Crippen molar-refractivity contribution in [3.63, 3.8) is 0 Å². The number of ether oxygens (including phenoxy) is 1. The summed E-state index contributed by atoms with van der Waals surface area (Å²) in [5, 5.41) is 3.50. The van der Waals surface area contributed by atoms with Crippen molar-refractivity contribution in [3.8, 4) is 11.4 Å². The number of benzene rings is 2. The molecule has 2 aliphatic rings. The fraction of sp³-hybridized carbons (Fsp3) is 0.423. The standard InChI is InChI=1S/C26H30N4O3.ClH/c1-16(2)29-11-10-21(14-29)33-20-8-9-23-22(13-20)26(32)30(15-27-23)24-12-18(5-4-17(24)3)25(31)28-19-6-7-19;/h4-5,8-9,12-13,15-16,19,21H,6-7,10-11,14H2,1-3H3,(H,28,31);1H. The number of amides is 1. The Kier molecular flexibility index (Phi) is 6.96. The smallest absolute Gasteiger partial charge is 0.265 e. The molecule has 8 heteroatoms. The zero-order valence-corrected chi connectivity index (χ0v) is 20.6. The topological polar surface area (TPSA) is 76.5 Å². The van der Waals surface area contributed by atoms with Crippen molar-refractivity contribution in [1.82, 2.24) is 19.8 Å². The molecule has 1 aliphatic carbocycles. The summed E-state index contributed by atoms with van der Waals surface area (Å²) in [6, 6.07) is 11.7. The minimum absolute atomic E-state index is 0. The maximum atomic E-state index is 13.4. The summed E-state index contributed by atoms with van der Waals surface area (Å²) in [6.07, 6.45) is 4.68. The van der Waals surface area contributed by atoms with Gasteiger partial charge in [-0.2, -0.15) is 0 Å². The number of carbonyl (C=O) groups excluding carboxylic acids is 1. The Bertz CT molecular complexity index is 1270. The van der Waals surface area contributed by atoms with Crippen molar-refractivity contribution in [2.75, 3.05) is 13.1 Å². The zero-order valence-electron chi connectivity index (χ0n) is 19.8. The van der Waals surface area contributed by atoms with E-state index in [4.69, 9.17) is 4.74 Å². The number of nitrogens with zero attached hydrogens (tertiary/aromatic N) is 3. The van der Waals surface area contributed by atoms with Gasteiger partial charge in [-0.05, 0) is 75.9 Å². The summed E-state index contributed by atoms with van der Waals surface area (Å²) in [5.41, 5.74) is 2.55. The highest BCUT2D eigenvalue weighted by molar-refractivity contribution is 5.95. The Morgan fingerprint density at radius 2 is 1.94 bits per heavy atom.